The molecular formula is C15H15ClN2O2. The van der Waals surface area contributed by atoms with E-state index < -0.39 is 6.09 Å². The van der Waals surface area contributed by atoms with E-state index in [1.54, 1.807) is 36.4 Å². The van der Waals surface area contributed by atoms with Crippen molar-refractivity contribution >= 4 is 29.1 Å². The summed E-state index contributed by atoms with van der Waals surface area (Å²) in [6.07, 6.45) is -0.574. The first kappa shape index (κ1) is 14.2. The summed E-state index contributed by atoms with van der Waals surface area (Å²) in [6, 6.07) is 10.3. The van der Waals surface area contributed by atoms with E-state index in [1.165, 1.54) is 0 Å². The summed E-state index contributed by atoms with van der Waals surface area (Å²) in [5, 5.41) is 3.28. The van der Waals surface area contributed by atoms with Gasteiger partial charge >= 0.3 is 6.09 Å². The first-order valence-corrected chi connectivity index (χ1v) is 6.44. The van der Waals surface area contributed by atoms with Crippen molar-refractivity contribution in [2.24, 2.45) is 0 Å². The van der Waals surface area contributed by atoms with Crippen molar-refractivity contribution in [1.82, 2.24) is 0 Å². The molecule has 3 N–H and O–H groups in total. The van der Waals surface area contributed by atoms with Gasteiger partial charge in [-0.2, -0.15) is 0 Å². The van der Waals surface area contributed by atoms with E-state index in [0.717, 1.165) is 11.1 Å². The summed E-state index contributed by atoms with van der Waals surface area (Å²) in [7, 11) is 0. The lowest BCUT2D eigenvalue weighted by Crippen LogP contribution is -2.16. The molecule has 0 radical (unpaired) electrons. The monoisotopic (exact) mass is 290 g/mol. The smallest absolute Gasteiger partial charge is 0.410 e. The van der Waals surface area contributed by atoms with Crippen LogP contribution in [-0.4, -0.2) is 6.09 Å². The molecule has 0 fully saturated rings. The SMILES string of the molecule is Cc1ccc(OC(=O)Nc2ccc(Cl)c(C)c2)cc1N. The minimum atomic E-state index is -0.574. The molecule has 1 amide bonds. The van der Waals surface area contributed by atoms with E-state index in [4.69, 9.17) is 22.1 Å². The first-order valence-electron chi connectivity index (χ1n) is 6.07. The third-order valence-electron chi connectivity index (χ3n) is 2.87. The molecule has 104 valence electrons. The minimum absolute atomic E-state index is 0.399. The van der Waals surface area contributed by atoms with Gasteiger partial charge in [-0.25, -0.2) is 4.79 Å². The quantitative estimate of drug-likeness (QED) is 0.817. The number of benzene rings is 2. The Labute approximate surface area is 122 Å². The predicted molar refractivity (Wildman–Crippen MR) is 81.4 cm³/mol. The Kier molecular flexibility index (Phi) is 4.15. The number of amides is 1. The van der Waals surface area contributed by atoms with Crippen molar-refractivity contribution in [2.75, 3.05) is 11.1 Å². The van der Waals surface area contributed by atoms with E-state index >= 15 is 0 Å². The number of ether oxygens (including phenoxy) is 1. The molecule has 0 aliphatic rings. The average Bonchev–Trinajstić information content (AvgIpc) is 2.38. The fourth-order valence-electron chi connectivity index (χ4n) is 1.65. The summed E-state index contributed by atoms with van der Waals surface area (Å²) in [6.45, 7) is 3.75. The minimum Gasteiger partial charge on any atom is -0.410 e. The topological polar surface area (TPSA) is 64.3 Å². The normalized spacial score (nSPS) is 10.2. The molecule has 2 aromatic rings. The summed E-state index contributed by atoms with van der Waals surface area (Å²) in [5.74, 6) is 0.399. The van der Waals surface area contributed by atoms with E-state index in [2.05, 4.69) is 5.32 Å². The molecule has 2 aromatic carbocycles. The standard InChI is InChI=1S/C15H15ClN2O2/c1-9-3-5-12(8-14(9)17)20-15(19)18-11-4-6-13(16)10(2)7-11/h3-8H,17H2,1-2H3,(H,18,19). The molecule has 20 heavy (non-hydrogen) atoms. The number of halogens is 1. The molecular weight excluding hydrogens is 276 g/mol. The van der Waals surface area contributed by atoms with E-state index in [0.29, 0.717) is 22.1 Å². The second-order valence-corrected chi connectivity index (χ2v) is 4.90. The molecule has 0 heterocycles. The molecule has 4 nitrogen and oxygen atoms in total. The summed E-state index contributed by atoms with van der Waals surface area (Å²) in [5.41, 5.74) is 8.78. The number of aryl methyl sites for hydroxylation is 2. The van der Waals surface area contributed by atoms with E-state index in [1.807, 2.05) is 13.8 Å². The molecule has 0 saturated carbocycles. The maximum Gasteiger partial charge on any atom is 0.417 e. The van der Waals surface area contributed by atoms with Crippen molar-refractivity contribution < 1.29 is 9.53 Å². The number of carbonyl (C=O) groups excluding carboxylic acids is 1. The molecule has 0 aromatic heterocycles. The Balaban J connectivity index is 2.04. The molecule has 2 rings (SSSR count). The van der Waals surface area contributed by atoms with Crippen molar-refractivity contribution in [3.63, 3.8) is 0 Å². The van der Waals surface area contributed by atoms with Crippen LogP contribution in [0, 0.1) is 13.8 Å². The Hall–Kier alpha value is -2.20. The number of nitrogens with one attached hydrogen (secondary N) is 1. The summed E-state index contributed by atoms with van der Waals surface area (Å²) >= 11 is 5.92. The number of hydrogen-bond acceptors (Lipinski definition) is 3. The van der Waals surface area contributed by atoms with Gasteiger partial charge < -0.3 is 10.5 Å². The lowest BCUT2D eigenvalue weighted by Gasteiger charge is -2.09. The third kappa shape index (κ3) is 3.42. The van der Waals surface area contributed by atoms with Gasteiger partial charge in [-0.15, -0.1) is 0 Å². The molecule has 0 saturated heterocycles. The molecule has 0 aliphatic carbocycles. The van der Waals surface area contributed by atoms with E-state index in [-0.39, 0.29) is 0 Å². The fourth-order valence-corrected chi connectivity index (χ4v) is 1.77. The highest BCUT2D eigenvalue weighted by atomic mass is 35.5. The zero-order valence-corrected chi connectivity index (χ0v) is 12.0. The van der Waals surface area contributed by atoms with Gasteiger partial charge in [-0.05, 0) is 49.2 Å². The second kappa shape index (κ2) is 5.84. The van der Waals surface area contributed by atoms with Crippen LogP contribution in [0.5, 0.6) is 5.75 Å². The number of nitrogen functional groups attached to an aromatic ring is 1. The van der Waals surface area contributed by atoms with E-state index in [9.17, 15) is 4.79 Å². The average molecular weight is 291 g/mol. The van der Waals surface area contributed by atoms with Crippen LogP contribution in [0.15, 0.2) is 36.4 Å². The number of carbonyl (C=O) groups is 1. The van der Waals surface area contributed by atoms with Gasteiger partial charge in [0.25, 0.3) is 0 Å². The largest absolute Gasteiger partial charge is 0.417 e. The van der Waals surface area contributed by atoms with Gasteiger partial charge in [-0.3, -0.25) is 5.32 Å². The Morgan fingerprint density at radius 3 is 2.55 bits per heavy atom. The molecule has 0 spiro atoms. The van der Waals surface area contributed by atoms with Gasteiger partial charge in [0.2, 0.25) is 0 Å². The second-order valence-electron chi connectivity index (χ2n) is 4.50. The Morgan fingerprint density at radius 1 is 1.15 bits per heavy atom. The lowest BCUT2D eigenvalue weighted by molar-refractivity contribution is 0.215. The maximum absolute atomic E-state index is 11.8. The third-order valence-corrected chi connectivity index (χ3v) is 3.29. The van der Waals surface area contributed by atoms with Gasteiger partial charge in [0.05, 0.1) is 0 Å². The van der Waals surface area contributed by atoms with Crippen LogP contribution in [0.3, 0.4) is 0 Å². The molecule has 0 aliphatic heterocycles. The van der Waals surface area contributed by atoms with Gasteiger partial charge in [0.1, 0.15) is 5.75 Å². The molecule has 0 bridgehead atoms. The lowest BCUT2D eigenvalue weighted by atomic mass is 10.2. The molecule has 5 heteroatoms. The summed E-state index contributed by atoms with van der Waals surface area (Å²) in [4.78, 5) is 11.8. The van der Waals surface area contributed by atoms with Crippen LogP contribution in [0.2, 0.25) is 5.02 Å². The Bertz CT molecular complexity index is 601. The number of rotatable bonds is 2. The molecule has 0 unspecified atom stereocenters. The number of hydrogen-bond donors (Lipinski definition) is 2. The van der Waals surface area contributed by atoms with Gasteiger partial charge in [0.15, 0.2) is 0 Å². The van der Waals surface area contributed by atoms with Crippen molar-refractivity contribution in [2.45, 2.75) is 13.8 Å². The maximum atomic E-state index is 11.8. The van der Waals surface area contributed by atoms with Crippen LogP contribution in [-0.2, 0) is 0 Å². The zero-order valence-electron chi connectivity index (χ0n) is 11.2. The van der Waals surface area contributed by atoms with Crippen LogP contribution in [0.1, 0.15) is 11.1 Å². The highest BCUT2D eigenvalue weighted by Gasteiger charge is 2.07. The highest BCUT2D eigenvalue weighted by Crippen LogP contribution is 2.21. The van der Waals surface area contributed by atoms with Crippen LogP contribution >= 0.6 is 11.6 Å². The number of anilines is 2. The van der Waals surface area contributed by atoms with Crippen molar-refractivity contribution in [1.29, 1.82) is 0 Å². The first-order chi connectivity index (χ1) is 9.45. The zero-order chi connectivity index (χ0) is 14.7. The summed E-state index contributed by atoms with van der Waals surface area (Å²) < 4.78 is 5.16. The van der Waals surface area contributed by atoms with Crippen molar-refractivity contribution in [3.05, 3.63) is 52.5 Å². The number of nitrogens with two attached hydrogens (primary N) is 1. The van der Waals surface area contributed by atoms with Crippen LogP contribution in [0.4, 0.5) is 16.2 Å². The Morgan fingerprint density at radius 2 is 1.90 bits per heavy atom. The van der Waals surface area contributed by atoms with Crippen LogP contribution in [0.25, 0.3) is 0 Å². The van der Waals surface area contributed by atoms with Crippen molar-refractivity contribution in [3.8, 4) is 5.75 Å². The fraction of sp³-hybridized carbons (Fsp3) is 0.133. The highest BCUT2D eigenvalue weighted by molar-refractivity contribution is 6.31. The van der Waals surface area contributed by atoms with Gasteiger partial charge in [-0.1, -0.05) is 17.7 Å². The predicted octanol–water partition coefficient (Wildman–Crippen LogP) is 4.15. The molecule has 0 atom stereocenters. The van der Waals surface area contributed by atoms with Gasteiger partial charge in [0, 0.05) is 22.5 Å². The van der Waals surface area contributed by atoms with Crippen LogP contribution < -0.4 is 15.8 Å².